The number of anilines is 1. The molecule has 0 radical (unpaired) electrons. The van der Waals surface area contributed by atoms with Crippen molar-refractivity contribution in [3.63, 3.8) is 0 Å². The van der Waals surface area contributed by atoms with Crippen LogP contribution >= 0.6 is 23.2 Å². The summed E-state index contributed by atoms with van der Waals surface area (Å²) in [6, 6.07) is 9.23. The standard InChI is InChI=1S/C21H22Cl2N2O5S/c1-12(17-6-5-16(22)11-18(17)23)24-20(26)13(2)30-21(27)15-4-7-19-14(10-15)8-9-25(19)31(3,28)29/h4-7,10-13H,8-9H2,1-3H3,(H,24,26). The first kappa shape index (κ1) is 23.4. The lowest BCUT2D eigenvalue weighted by molar-refractivity contribution is -0.129. The van der Waals surface area contributed by atoms with Crippen LogP contribution < -0.4 is 9.62 Å². The van der Waals surface area contributed by atoms with Crippen LogP contribution in [0.4, 0.5) is 5.69 Å². The Morgan fingerprint density at radius 2 is 1.84 bits per heavy atom. The number of carbonyl (C=O) groups is 2. The summed E-state index contributed by atoms with van der Waals surface area (Å²) in [6.07, 6.45) is 0.601. The summed E-state index contributed by atoms with van der Waals surface area (Å²) < 4.78 is 30.3. The highest BCUT2D eigenvalue weighted by Crippen LogP contribution is 2.31. The van der Waals surface area contributed by atoms with Gasteiger partial charge in [-0.25, -0.2) is 13.2 Å². The van der Waals surface area contributed by atoms with Gasteiger partial charge in [0, 0.05) is 16.6 Å². The first-order valence-corrected chi connectivity index (χ1v) is 12.1. The summed E-state index contributed by atoms with van der Waals surface area (Å²) in [5.74, 6) is -1.14. The largest absolute Gasteiger partial charge is 0.449 e. The predicted octanol–water partition coefficient (Wildman–Crippen LogP) is 3.74. The summed E-state index contributed by atoms with van der Waals surface area (Å²) in [5, 5.41) is 3.67. The first-order valence-electron chi connectivity index (χ1n) is 9.54. The molecule has 0 aliphatic carbocycles. The molecule has 1 aliphatic heterocycles. The van der Waals surface area contributed by atoms with Gasteiger partial charge < -0.3 is 10.1 Å². The molecule has 10 heteroatoms. The van der Waals surface area contributed by atoms with Crippen molar-refractivity contribution in [3.8, 4) is 0 Å². The van der Waals surface area contributed by atoms with Crippen molar-refractivity contribution in [2.45, 2.75) is 32.4 Å². The van der Waals surface area contributed by atoms with E-state index < -0.39 is 34.0 Å². The molecular weight excluding hydrogens is 463 g/mol. The van der Waals surface area contributed by atoms with Gasteiger partial charge in [0.05, 0.1) is 23.5 Å². The van der Waals surface area contributed by atoms with Crippen molar-refractivity contribution in [1.29, 1.82) is 0 Å². The monoisotopic (exact) mass is 484 g/mol. The molecule has 2 atom stereocenters. The Morgan fingerprint density at radius 1 is 1.13 bits per heavy atom. The number of carbonyl (C=O) groups excluding carboxylic acids is 2. The van der Waals surface area contributed by atoms with E-state index in [0.29, 0.717) is 34.3 Å². The highest BCUT2D eigenvalue weighted by atomic mass is 35.5. The lowest BCUT2D eigenvalue weighted by Crippen LogP contribution is -2.37. The number of sulfonamides is 1. The van der Waals surface area contributed by atoms with Crippen molar-refractivity contribution in [2.75, 3.05) is 17.1 Å². The fraction of sp³-hybridized carbons (Fsp3) is 0.333. The van der Waals surface area contributed by atoms with Crippen molar-refractivity contribution >= 4 is 50.8 Å². The molecule has 1 aliphatic rings. The minimum atomic E-state index is -3.37. The fourth-order valence-electron chi connectivity index (χ4n) is 3.39. The van der Waals surface area contributed by atoms with Gasteiger partial charge in [0.15, 0.2) is 6.10 Å². The first-order chi connectivity index (χ1) is 14.5. The van der Waals surface area contributed by atoms with Crippen molar-refractivity contribution < 1.29 is 22.7 Å². The Bertz CT molecular complexity index is 1140. The smallest absolute Gasteiger partial charge is 0.338 e. The molecule has 0 bridgehead atoms. The van der Waals surface area contributed by atoms with E-state index in [9.17, 15) is 18.0 Å². The second-order valence-corrected chi connectivity index (χ2v) is 10.1. The van der Waals surface area contributed by atoms with Gasteiger partial charge in [0.2, 0.25) is 10.0 Å². The number of hydrogen-bond acceptors (Lipinski definition) is 5. The van der Waals surface area contributed by atoms with Gasteiger partial charge in [-0.2, -0.15) is 0 Å². The molecule has 31 heavy (non-hydrogen) atoms. The summed E-state index contributed by atoms with van der Waals surface area (Å²) >= 11 is 12.1. The number of amides is 1. The van der Waals surface area contributed by atoms with E-state index in [4.69, 9.17) is 27.9 Å². The molecule has 2 aromatic rings. The van der Waals surface area contributed by atoms with Gasteiger partial charge in [-0.3, -0.25) is 9.10 Å². The summed E-state index contributed by atoms with van der Waals surface area (Å²) in [5.41, 5.74) is 2.23. The summed E-state index contributed by atoms with van der Waals surface area (Å²) in [6.45, 7) is 3.56. The Kier molecular flexibility index (Phi) is 6.83. The number of fused-ring (bicyclic) bond motifs is 1. The van der Waals surface area contributed by atoms with E-state index in [1.54, 1.807) is 37.3 Å². The highest BCUT2D eigenvalue weighted by molar-refractivity contribution is 7.92. The van der Waals surface area contributed by atoms with E-state index in [1.807, 2.05) is 0 Å². The zero-order valence-electron chi connectivity index (χ0n) is 17.2. The molecule has 1 N–H and O–H groups in total. The van der Waals surface area contributed by atoms with E-state index in [1.165, 1.54) is 17.3 Å². The molecule has 0 saturated heterocycles. The van der Waals surface area contributed by atoms with Crippen LogP contribution in [0.2, 0.25) is 10.0 Å². The average molecular weight is 485 g/mol. The van der Waals surface area contributed by atoms with Crippen molar-refractivity contribution in [1.82, 2.24) is 5.32 Å². The molecule has 3 rings (SSSR count). The maximum absolute atomic E-state index is 12.5. The van der Waals surface area contributed by atoms with E-state index in [2.05, 4.69) is 5.32 Å². The van der Waals surface area contributed by atoms with Crippen LogP contribution in [0.5, 0.6) is 0 Å². The molecule has 0 aromatic heterocycles. The Morgan fingerprint density at radius 3 is 2.48 bits per heavy atom. The van der Waals surface area contributed by atoms with Crippen LogP contribution in [-0.2, 0) is 26.0 Å². The molecule has 0 fully saturated rings. The van der Waals surface area contributed by atoms with E-state index in [0.717, 1.165) is 11.8 Å². The number of hydrogen-bond donors (Lipinski definition) is 1. The minimum absolute atomic E-state index is 0.252. The molecule has 1 amide bonds. The van der Waals surface area contributed by atoms with Crippen LogP contribution in [-0.4, -0.2) is 39.2 Å². The number of nitrogens with one attached hydrogen (secondary N) is 1. The number of nitrogens with zero attached hydrogens (tertiary/aromatic N) is 1. The normalized spacial score (nSPS) is 15.2. The third kappa shape index (κ3) is 5.31. The van der Waals surface area contributed by atoms with Gasteiger partial charge in [0.25, 0.3) is 5.91 Å². The number of ether oxygens (including phenoxy) is 1. The quantitative estimate of drug-likeness (QED) is 0.630. The number of rotatable bonds is 6. The SMILES string of the molecule is CC(OC(=O)c1ccc2c(c1)CCN2S(C)(=O)=O)C(=O)NC(C)c1ccc(Cl)cc1Cl. The second-order valence-electron chi connectivity index (χ2n) is 7.37. The molecular formula is C21H22Cl2N2O5S. The van der Waals surface area contributed by atoms with E-state index >= 15 is 0 Å². The molecule has 2 unspecified atom stereocenters. The average Bonchev–Trinajstić information content (AvgIpc) is 3.11. The molecule has 2 aromatic carbocycles. The molecule has 1 heterocycles. The van der Waals surface area contributed by atoms with Crippen LogP contribution in [0.25, 0.3) is 0 Å². The third-order valence-corrected chi connectivity index (χ3v) is 6.75. The molecule has 0 spiro atoms. The van der Waals surface area contributed by atoms with Gasteiger partial charge in [-0.15, -0.1) is 0 Å². The Labute approximate surface area is 191 Å². The van der Waals surface area contributed by atoms with Gasteiger partial charge in [-0.1, -0.05) is 29.3 Å². The number of halogens is 2. The second kappa shape index (κ2) is 9.06. The lowest BCUT2D eigenvalue weighted by Gasteiger charge is -2.19. The Hall–Kier alpha value is -2.29. The summed E-state index contributed by atoms with van der Waals surface area (Å²) in [4.78, 5) is 25.0. The highest BCUT2D eigenvalue weighted by Gasteiger charge is 2.28. The van der Waals surface area contributed by atoms with Gasteiger partial charge in [0.1, 0.15) is 0 Å². The van der Waals surface area contributed by atoms with Gasteiger partial charge >= 0.3 is 5.97 Å². The van der Waals surface area contributed by atoms with Crippen molar-refractivity contribution in [2.24, 2.45) is 0 Å². The maximum atomic E-state index is 12.5. The molecule has 166 valence electrons. The number of benzene rings is 2. The van der Waals surface area contributed by atoms with Crippen LogP contribution in [0.3, 0.4) is 0 Å². The van der Waals surface area contributed by atoms with Gasteiger partial charge in [-0.05, 0) is 61.7 Å². The predicted molar refractivity (Wildman–Crippen MR) is 120 cm³/mol. The van der Waals surface area contributed by atoms with Crippen LogP contribution in [0, 0.1) is 0 Å². The lowest BCUT2D eigenvalue weighted by atomic mass is 10.1. The fourth-order valence-corrected chi connectivity index (χ4v) is 4.92. The third-order valence-electron chi connectivity index (χ3n) is 5.01. The van der Waals surface area contributed by atoms with Crippen LogP contribution in [0.1, 0.15) is 41.4 Å². The molecule has 7 nitrogen and oxygen atoms in total. The van der Waals surface area contributed by atoms with Crippen LogP contribution in [0.15, 0.2) is 36.4 Å². The molecule has 0 saturated carbocycles. The summed E-state index contributed by atoms with van der Waals surface area (Å²) in [7, 11) is -3.37. The Balaban J connectivity index is 1.64. The topological polar surface area (TPSA) is 92.8 Å². The zero-order chi connectivity index (χ0) is 22.9. The minimum Gasteiger partial charge on any atom is -0.449 e. The van der Waals surface area contributed by atoms with E-state index in [-0.39, 0.29) is 5.56 Å². The zero-order valence-corrected chi connectivity index (χ0v) is 19.5. The van der Waals surface area contributed by atoms with Crippen molar-refractivity contribution in [3.05, 3.63) is 63.1 Å². The maximum Gasteiger partial charge on any atom is 0.338 e. The number of esters is 1.